The number of carbonyl (C=O) groups is 1. The Bertz CT molecular complexity index is 788. The van der Waals surface area contributed by atoms with Crippen LogP contribution >= 0.6 is 11.8 Å². The number of benzene rings is 1. The monoisotopic (exact) mass is 372 g/mol. The van der Waals surface area contributed by atoms with E-state index >= 15 is 0 Å². The molecule has 0 radical (unpaired) electrons. The van der Waals surface area contributed by atoms with Gasteiger partial charge < -0.3 is 10.2 Å². The minimum atomic E-state index is -0.198. The fourth-order valence-corrected chi connectivity index (χ4v) is 4.79. The normalized spacial score (nSPS) is 22.6. The van der Waals surface area contributed by atoms with Crippen molar-refractivity contribution in [2.45, 2.75) is 30.2 Å². The molecule has 1 saturated heterocycles. The molecule has 1 amide bonds. The Morgan fingerprint density at radius 1 is 1.23 bits per heavy atom. The second-order valence-corrected chi connectivity index (χ2v) is 7.80. The van der Waals surface area contributed by atoms with Crippen molar-refractivity contribution in [1.82, 2.24) is 15.3 Å². The number of piperidine rings is 1. The molecular weight excluding hydrogens is 351 g/mol. The summed E-state index contributed by atoms with van der Waals surface area (Å²) in [5.74, 6) is 1.23. The number of amides is 1. The van der Waals surface area contributed by atoms with Crippen LogP contribution in [0.4, 0.5) is 10.3 Å². The summed E-state index contributed by atoms with van der Waals surface area (Å²) >= 11 is 1.53. The summed E-state index contributed by atoms with van der Waals surface area (Å²) in [4.78, 5) is 24.2. The molecule has 2 aromatic rings. The number of hydrogen-bond acceptors (Lipinski definition) is 5. The summed E-state index contributed by atoms with van der Waals surface area (Å²) in [5, 5.41) is 3.16. The second-order valence-electron chi connectivity index (χ2n) is 6.69. The lowest BCUT2D eigenvalue weighted by Gasteiger charge is -2.33. The minimum absolute atomic E-state index is 0.0396. The largest absolute Gasteiger partial charge is 0.349 e. The molecule has 4 rings (SSSR count). The zero-order chi connectivity index (χ0) is 17.9. The van der Waals surface area contributed by atoms with Crippen LogP contribution in [-0.2, 0) is 4.79 Å². The van der Waals surface area contributed by atoms with Crippen LogP contribution in [0.2, 0.25) is 0 Å². The number of anilines is 1. The summed E-state index contributed by atoms with van der Waals surface area (Å²) < 4.78 is 14.0. The molecule has 1 aromatic heterocycles. The molecular formula is C19H21FN4OS. The molecule has 2 aliphatic heterocycles. The van der Waals surface area contributed by atoms with E-state index in [1.807, 2.05) is 6.07 Å². The Hall–Kier alpha value is -2.15. The fourth-order valence-electron chi connectivity index (χ4n) is 3.65. The molecule has 0 unspecified atom stereocenters. The maximum absolute atomic E-state index is 14.0. The third-order valence-corrected chi connectivity index (χ3v) is 6.13. The van der Waals surface area contributed by atoms with Gasteiger partial charge in [-0.2, -0.15) is 0 Å². The van der Waals surface area contributed by atoms with E-state index in [1.165, 1.54) is 17.8 Å². The van der Waals surface area contributed by atoms with Gasteiger partial charge in [0.05, 0.1) is 12.0 Å². The molecule has 5 nitrogen and oxygen atoms in total. The highest BCUT2D eigenvalue weighted by Gasteiger charge is 2.30. The van der Waals surface area contributed by atoms with E-state index in [0.717, 1.165) is 37.1 Å². The van der Waals surface area contributed by atoms with Crippen LogP contribution in [0.15, 0.2) is 41.6 Å². The van der Waals surface area contributed by atoms with Gasteiger partial charge in [-0.05, 0) is 37.0 Å². The number of halogens is 1. The van der Waals surface area contributed by atoms with Gasteiger partial charge in [0, 0.05) is 36.1 Å². The summed E-state index contributed by atoms with van der Waals surface area (Å²) in [6, 6.07) is 6.79. The van der Waals surface area contributed by atoms with Crippen molar-refractivity contribution in [3.8, 4) is 0 Å². The number of nitrogens with zero attached hydrogens (tertiary/aromatic N) is 3. The standard InChI is InChI=1S/C19H21FN4OS/c20-15-6-1-5-14-16(7-11-26-17(14)15)23-18(25)13-4-2-10-24(12-13)19-21-8-3-9-22-19/h1,3,5-6,8-9,13,16H,2,4,7,10-12H2,(H,23,25)/t13-,16-/m0/s1. The lowest BCUT2D eigenvalue weighted by Crippen LogP contribution is -2.45. The van der Waals surface area contributed by atoms with Gasteiger partial charge in [0.2, 0.25) is 11.9 Å². The predicted molar refractivity (Wildman–Crippen MR) is 99.6 cm³/mol. The molecule has 0 saturated carbocycles. The Labute approximate surface area is 156 Å². The first-order chi connectivity index (χ1) is 12.7. The number of rotatable bonds is 3. The third kappa shape index (κ3) is 3.53. The van der Waals surface area contributed by atoms with Gasteiger partial charge in [0.25, 0.3) is 0 Å². The predicted octanol–water partition coefficient (Wildman–Crippen LogP) is 3.19. The number of thioether (sulfide) groups is 1. The van der Waals surface area contributed by atoms with Gasteiger partial charge in [-0.1, -0.05) is 12.1 Å². The SMILES string of the molecule is O=C(N[C@H]1CCSc2c(F)cccc21)[C@H]1CCCN(c2ncccn2)C1. The van der Waals surface area contributed by atoms with Crippen molar-refractivity contribution in [1.29, 1.82) is 0 Å². The van der Waals surface area contributed by atoms with Crippen molar-refractivity contribution in [2.75, 3.05) is 23.7 Å². The lowest BCUT2D eigenvalue weighted by molar-refractivity contribution is -0.126. The van der Waals surface area contributed by atoms with Gasteiger partial charge in [0.1, 0.15) is 5.82 Å². The van der Waals surface area contributed by atoms with Crippen molar-refractivity contribution in [2.24, 2.45) is 5.92 Å². The van der Waals surface area contributed by atoms with Crippen LogP contribution in [0.3, 0.4) is 0 Å². The van der Waals surface area contributed by atoms with Crippen molar-refractivity contribution in [3.05, 3.63) is 48.0 Å². The Balaban J connectivity index is 1.45. The maximum Gasteiger partial charge on any atom is 0.225 e. The van der Waals surface area contributed by atoms with E-state index in [9.17, 15) is 9.18 Å². The molecule has 0 bridgehead atoms. The van der Waals surface area contributed by atoms with E-state index in [2.05, 4.69) is 20.2 Å². The number of fused-ring (bicyclic) bond motifs is 1. The molecule has 2 aliphatic rings. The molecule has 1 aromatic carbocycles. The minimum Gasteiger partial charge on any atom is -0.349 e. The van der Waals surface area contributed by atoms with E-state index < -0.39 is 0 Å². The average molecular weight is 372 g/mol. The zero-order valence-electron chi connectivity index (χ0n) is 14.4. The van der Waals surface area contributed by atoms with Crippen LogP contribution in [0.5, 0.6) is 0 Å². The third-order valence-electron chi connectivity index (χ3n) is 4.97. The first-order valence-corrected chi connectivity index (χ1v) is 9.94. The first-order valence-electron chi connectivity index (χ1n) is 8.96. The highest BCUT2D eigenvalue weighted by Crippen LogP contribution is 2.38. The first kappa shape index (κ1) is 17.3. The molecule has 0 spiro atoms. The molecule has 2 atom stereocenters. The van der Waals surface area contributed by atoms with Gasteiger partial charge in [0.15, 0.2) is 0 Å². The lowest BCUT2D eigenvalue weighted by atomic mass is 9.95. The van der Waals surface area contributed by atoms with Gasteiger partial charge >= 0.3 is 0 Å². The van der Waals surface area contributed by atoms with E-state index in [4.69, 9.17) is 0 Å². The van der Waals surface area contributed by atoms with Crippen molar-refractivity contribution < 1.29 is 9.18 Å². The van der Waals surface area contributed by atoms with Gasteiger partial charge in [-0.15, -0.1) is 11.8 Å². The van der Waals surface area contributed by atoms with Crippen LogP contribution in [0.1, 0.15) is 30.9 Å². The van der Waals surface area contributed by atoms with Crippen LogP contribution in [-0.4, -0.2) is 34.7 Å². The fraction of sp³-hybridized carbons (Fsp3) is 0.421. The van der Waals surface area contributed by atoms with Crippen LogP contribution in [0, 0.1) is 11.7 Å². The Morgan fingerprint density at radius 2 is 2.08 bits per heavy atom. The quantitative estimate of drug-likeness (QED) is 0.897. The molecule has 136 valence electrons. The molecule has 3 heterocycles. The summed E-state index contributed by atoms with van der Waals surface area (Å²) in [5.41, 5.74) is 0.897. The average Bonchev–Trinajstić information content (AvgIpc) is 2.69. The van der Waals surface area contributed by atoms with E-state index in [-0.39, 0.29) is 23.7 Å². The van der Waals surface area contributed by atoms with Crippen LogP contribution in [0.25, 0.3) is 0 Å². The molecule has 1 fully saturated rings. The number of aromatic nitrogens is 2. The number of carbonyl (C=O) groups excluding carboxylic acids is 1. The van der Waals surface area contributed by atoms with Crippen molar-refractivity contribution in [3.63, 3.8) is 0 Å². The Morgan fingerprint density at radius 3 is 2.92 bits per heavy atom. The van der Waals surface area contributed by atoms with Gasteiger partial charge in [-0.3, -0.25) is 4.79 Å². The Kier molecular flexibility index (Phi) is 5.06. The summed E-state index contributed by atoms with van der Waals surface area (Å²) in [6.07, 6.45) is 6.05. The summed E-state index contributed by atoms with van der Waals surface area (Å²) in [6.45, 7) is 1.48. The summed E-state index contributed by atoms with van der Waals surface area (Å²) in [7, 11) is 0. The smallest absolute Gasteiger partial charge is 0.225 e. The van der Waals surface area contributed by atoms with E-state index in [0.29, 0.717) is 17.4 Å². The molecule has 26 heavy (non-hydrogen) atoms. The van der Waals surface area contributed by atoms with Crippen molar-refractivity contribution >= 4 is 23.6 Å². The van der Waals surface area contributed by atoms with E-state index in [1.54, 1.807) is 24.5 Å². The molecule has 0 aliphatic carbocycles. The maximum atomic E-state index is 14.0. The molecule has 1 N–H and O–H groups in total. The molecule has 7 heteroatoms. The highest BCUT2D eigenvalue weighted by atomic mass is 32.2. The zero-order valence-corrected chi connectivity index (χ0v) is 15.2. The van der Waals surface area contributed by atoms with Crippen LogP contribution < -0.4 is 10.2 Å². The number of nitrogens with one attached hydrogen (secondary N) is 1. The number of hydrogen-bond donors (Lipinski definition) is 1. The van der Waals surface area contributed by atoms with Gasteiger partial charge in [-0.25, -0.2) is 14.4 Å². The highest BCUT2D eigenvalue weighted by molar-refractivity contribution is 7.99. The second kappa shape index (κ2) is 7.61. The topological polar surface area (TPSA) is 58.1 Å².